The lowest BCUT2D eigenvalue weighted by molar-refractivity contribution is 0.161. The van der Waals surface area contributed by atoms with Gasteiger partial charge in [0, 0.05) is 12.6 Å². The number of likely N-dealkylation sites (tertiary alicyclic amines) is 1. The summed E-state index contributed by atoms with van der Waals surface area (Å²) in [5.41, 5.74) is 0.704. The zero-order valence-electron chi connectivity index (χ0n) is 14.2. The van der Waals surface area contributed by atoms with Crippen molar-refractivity contribution in [2.24, 2.45) is 0 Å². The Morgan fingerprint density at radius 2 is 1.88 bits per heavy atom. The second kappa shape index (κ2) is 7.62. The lowest BCUT2D eigenvalue weighted by Gasteiger charge is -2.26. The van der Waals surface area contributed by atoms with Gasteiger partial charge in [0.25, 0.3) is 0 Å². The van der Waals surface area contributed by atoms with Crippen LogP contribution in [0.3, 0.4) is 0 Å². The van der Waals surface area contributed by atoms with Crippen molar-refractivity contribution in [3.63, 3.8) is 0 Å². The highest BCUT2D eigenvalue weighted by Gasteiger charge is 2.24. The van der Waals surface area contributed by atoms with Gasteiger partial charge in [0.05, 0.1) is 17.5 Å². The smallest absolute Gasteiger partial charge is 0.204 e. The first-order valence-electron chi connectivity index (χ1n) is 8.91. The maximum atomic E-state index is 6.23. The molecule has 0 N–H and O–H groups in total. The molecule has 134 valence electrons. The zero-order chi connectivity index (χ0) is 17.1. The monoisotopic (exact) mass is 363 g/mol. The van der Waals surface area contributed by atoms with Gasteiger partial charge in [-0.15, -0.1) is 0 Å². The average molecular weight is 364 g/mol. The number of benzene rings is 1. The van der Waals surface area contributed by atoms with Crippen molar-refractivity contribution in [2.45, 2.75) is 25.7 Å². The Balaban J connectivity index is 1.49. The van der Waals surface area contributed by atoms with Crippen LogP contribution < -0.4 is 14.2 Å². The summed E-state index contributed by atoms with van der Waals surface area (Å²) < 4.78 is 17.6. The fraction of sp³-hybridized carbons (Fsp3) is 0.556. The number of halogens is 1. The molecule has 0 saturated carbocycles. The van der Waals surface area contributed by atoms with E-state index in [4.69, 9.17) is 25.8 Å². The normalized spacial score (nSPS) is 17.6. The molecule has 0 spiro atoms. The van der Waals surface area contributed by atoms with E-state index in [0.29, 0.717) is 53.1 Å². The first kappa shape index (κ1) is 16.7. The maximum Gasteiger partial charge on any atom is 0.204 e. The fourth-order valence-electron chi connectivity index (χ4n) is 3.43. The molecule has 0 bridgehead atoms. The third-order valence-corrected chi connectivity index (χ3v) is 4.94. The van der Waals surface area contributed by atoms with Gasteiger partial charge in [-0.25, -0.2) is 9.97 Å². The molecule has 0 amide bonds. The van der Waals surface area contributed by atoms with Gasteiger partial charge < -0.3 is 19.1 Å². The van der Waals surface area contributed by atoms with Crippen molar-refractivity contribution in [1.29, 1.82) is 0 Å². The van der Waals surface area contributed by atoms with Crippen LogP contribution in [0.4, 0.5) is 0 Å². The number of aromatic nitrogens is 2. The van der Waals surface area contributed by atoms with E-state index in [1.54, 1.807) is 0 Å². The van der Waals surface area contributed by atoms with Crippen LogP contribution in [0.5, 0.6) is 17.2 Å². The number of rotatable bonds is 5. The highest BCUT2D eigenvalue weighted by atomic mass is 35.5. The van der Waals surface area contributed by atoms with E-state index in [-0.39, 0.29) is 0 Å². The van der Waals surface area contributed by atoms with Crippen molar-refractivity contribution in [3.8, 4) is 17.2 Å². The van der Waals surface area contributed by atoms with Crippen molar-refractivity contribution >= 4 is 22.5 Å². The molecule has 2 aliphatic heterocycles. The Morgan fingerprint density at radius 3 is 2.72 bits per heavy atom. The molecule has 0 aliphatic carbocycles. The molecule has 1 fully saturated rings. The Morgan fingerprint density at radius 1 is 1.08 bits per heavy atom. The van der Waals surface area contributed by atoms with Crippen LogP contribution in [-0.2, 0) is 0 Å². The Kier molecular flexibility index (Phi) is 5.08. The summed E-state index contributed by atoms with van der Waals surface area (Å²) in [6.07, 6.45) is 6.41. The van der Waals surface area contributed by atoms with Gasteiger partial charge in [-0.05, 0) is 32.4 Å². The number of fused-ring (bicyclic) bond motifs is 3. The zero-order valence-corrected chi connectivity index (χ0v) is 14.9. The number of nitrogens with zero attached hydrogens (tertiary/aromatic N) is 3. The maximum absolute atomic E-state index is 6.23. The van der Waals surface area contributed by atoms with E-state index in [0.717, 1.165) is 13.0 Å². The van der Waals surface area contributed by atoms with Gasteiger partial charge in [0.1, 0.15) is 24.7 Å². The van der Waals surface area contributed by atoms with Gasteiger partial charge in [-0.1, -0.05) is 18.0 Å². The van der Waals surface area contributed by atoms with Crippen LogP contribution >= 0.6 is 11.6 Å². The fourth-order valence-corrected chi connectivity index (χ4v) is 3.66. The van der Waals surface area contributed by atoms with E-state index >= 15 is 0 Å². The first-order chi connectivity index (χ1) is 12.3. The van der Waals surface area contributed by atoms with Crippen molar-refractivity contribution in [3.05, 3.63) is 17.5 Å². The number of ether oxygens (including phenoxy) is 3. The lowest BCUT2D eigenvalue weighted by Crippen LogP contribution is -2.31. The molecule has 1 aromatic heterocycles. The number of hydrogen-bond acceptors (Lipinski definition) is 6. The quantitative estimate of drug-likeness (QED) is 0.600. The van der Waals surface area contributed by atoms with Gasteiger partial charge in [0.2, 0.25) is 5.75 Å². The van der Waals surface area contributed by atoms with Crippen LogP contribution in [-0.4, -0.2) is 54.3 Å². The molecule has 25 heavy (non-hydrogen) atoms. The highest BCUT2D eigenvalue weighted by Crippen LogP contribution is 2.46. The minimum Gasteiger partial charge on any atom is -0.489 e. The second-order valence-electron chi connectivity index (χ2n) is 6.39. The van der Waals surface area contributed by atoms with E-state index in [1.165, 1.54) is 38.7 Å². The van der Waals surface area contributed by atoms with Crippen LogP contribution in [0, 0.1) is 0 Å². The predicted molar refractivity (Wildman–Crippen MR) is 95.9 cm³/mol. The molecule has 2 aromatic rings. The minimum atomic E-state index is 0.364. The molecule has 1 saturated heterocycles. The summed E-state index contributed by atoms with van der Waals surface area (Å²) in [6, 6.07) is 1.86. The Bertz CT molecular complexity index is 750. The third kappa shape index (κ3) is 3.60. The molecular weight excluding hydrogens is 342 g/mol. The largest absolute Gasteiger partial charge is 0.489 e. The molecule has 1 aromatic carbocycles. The Labute approximate surface area is 152 Å². The van der Waals surface area contributed by atoms with E-state index < -0.39 is 0 Å². The first-order valence-corrected chi connectivity index (χ1v) is 9.28. The predicted octanol–water partition coefficient (Wildman–Crippen LogP) is 3.31. The van der Waals surface area contributed by atoms with Crippen molar-refractivity contribution in [1.82, 2.24) is 14.9 Å². The average Bonchev–Trinajstić information content (AvgIpc) is 2.66. The molecule has 7 heteroatoms. The van der Waals surface area contributed by atoms with E-state index in [1.807, 2.05) is 6.07 Å². The summed E-state index contributed by atoms with van der Waals surface area (Å²) in [5, 5.41) is 1.04. The van der Waals surface area contributed by atoms with Gasteiger partial charge in [-0.2, -0.15) is 0 Å². The van der Waals surface area contributed by atoms with Crippen LogP contribution in [0.15, 0.2) is 12.4 Å². The molecule has 0 unspecified atom stereocenters. The summed E-state index contributed by atoms with van der Waals surface area (Å²) in [4.78, 5) is 10.8. The van der Waals surface area contributed by atoms with Gasteiger partial charge in [-0.3, -0.25) is 0 Å². The minimum absolute atomic E-state index is 0.364. The van der Waals surface area contributed by atoms with Crippen LogP contribution in [0.25, 0.3) is 10.9 Å². The summed E-state index contributed by atoms with van der Waals surface area (Å²) >= 11 is 6.23. The summed E-state index contributed by atoms with van der Waals surface area (Å²) in [5.74, 6) is 1.85. The summed E-state index contributed by atoms with van der Waals surface area (Å²) in [6.45, 7) is 5.09. The Hall–Kier alpha value is -1.79. The number of piperidine rings is 1. The van der Waals surface area contributed by atoms with Gasteiger partial charge >= 0.3 is 0 Å². The van der Waals surface area contributed by atoms with Crippen LogP contribution in [0.2, 0.25) is 5.15 Å². The van der Waals surface area contributed by atoms with Crippen LogP contribution in [0.1, 0.15) is 25.7 Å². The summed E-state index contributed by atoms with van der Waals surface area (Å²) in [7, 11) is 0. The third-order valence-electron chi connectivity index (χ3n) is 4.66. The second-order valence-corrected chi connectivity index (χ2v) is 6.75. The van der Waals surface area contributed by atoms with Crippen molar-refractivity contribution in [2.75, 3.05) is 39.5 Å². The van der Waals surface area contributed by atoms with E-state index in [2.05, 4.69) is 14.9 Å². The van der Waals surface area contributed by atoms with Gasteiger partial charge in [0.15, 0.2) is 11.5 Å². The van der Waals surface area contributed by atoms with E-state index in [9.17, 15) is 0 Å². The molecule has 6 nitrogen and oxygen atoms in total. The SMILES string of the molecule is Clc1ncnc2cc(OCCCN3CCCCC3)c3c(c12)OCCO3. The molecule has 0 radical (unpaired) electrons. The molecule has 2 aliphatic rings. The standard InChI is InChI=1S/C18H22ClN3O3/c19-18-15-13(20-12-21-18)11-14(16-17(15)25-10-9-24-16)23-8-4-7-22-5-2-1-3-6-22/h11-12H,1-10H2. The molecule has 0 atom stereocenters. The number of hydrogen-bond donors (Lipinski definition) is 0. The highest BCUT2D eigenvalue weighted by molar-refractivity contribution is 6.34. The molecule has 4 rings (SSSR count). The molecular formula is C18H22ClN3O3. The lowest BCUT2D eigenvalue weighted by atomic mass is 10.1. The topological polar surface area (TPSA) is 56.7 Å². The van der Waals surface area contributed by atoms with Crippen molar-refractivity contribution < 1.29 is 14.2 Å². The molecule has 3 heterocycles.